The maximum absolute atomic E-state index is 10.6. The molecule has 0 aliphatic rings. The molecular weight excluding hydrogens is 252 g/mol. The normalized spacial score (nSPS) is 14.0. The quantitative estimate of drug-likeness (QED) is 0.415. The van der Waals surface area contributed by atoms with E-state index in [4.69, 9.17) is 20.4 Å². The topological polar surface area (TPSA) is 174 Å². The molecule has 2 atom stereocenters. The summed E-state index contributed by atoms with van der Waals surface area (Å²) >= 11 is 0. The van der Waals surface area contributed by atoms with Gasteiger partial charge < -0.3 is 20.4 Å². The first kappa shape index (κ1) is 15.5. The van der Waals surface area contributed by atoms with Gasteiger partial charge in [-0.05, 0) is 0 Å². The molecule has 18 heavy (non-hydrogen) atoms. The minimum Gasteiger partial charge on any atom is -0.481 e. The third-order valence-electron chi connectivity index (χ3n) is 1.65. The van der Waals surface area contributed by atoms with Crippen LogP contribution in [0.1, 0.15) is 12.8 Å². The van der Waals surface area contributed by atoms with Crippen LogP contribution in [0.4, 0.5) is 0 Å². The number of carboxylic acid groups (broad SMARTS) is 4. The summed E-state index contributed by atoms with van der Waals surface area (Å²) in [6.07, 6.45) is -1.75. The smallest absolute Gasteiger partial charge is 0.330 e. The van der Waals surface area contributed by atoms with E-state index in [1.54, 1.807) is 0 Å². The predicted molar refractivity (Wildman–Crippen MR) is 52.2 cm³/mol. The average molecular weight is 262 g/mol. The number of nitrogens with zero attached hydrogens (tertiary/aromatic N) is 2. The number of carbonyl (C=O) groups is 4. The van der Waals surface area contributed by atoms with Crippen LogP contribution in [0.2, 0.25) is 0 Å². The largest absolute Gasteiger partial charge is 0.481 e. The molecule has 0 rings (SSSR count). The fraction of sp³-hybridized carbons (Fsp3) is 0.500. The first-order chi connectivity index (χ1) is 8.23. The van der Waals surface area contributed by atoms with Crippen LogP contribution >= 0.6 is 0 Å². The molecule has 10 nitrogen and oxygen atoms in total. The van der Waals surface area contributed by atoms with Crippen molar-refractivity contribution in [2.24, 2.45) is 10.2 Å². The molecule has 0 saturated heterocycles. The summed E-state index contributed by atoms with van der Waals surface area (Å²) in [4.78, 5) is 41.7. The van der Waals surface area contributed by atoms with E-state index in [-0.39, 0.29) is 0 Å². The van der Waals surface area contributed by atoms with E-state index in [2.05, 4.69) is 10.2 Å². The molecule has 0 fully saturated rings. The van der Waals surface area contributed by atoms with Crippen LogP contribution < -0.4 is 0 Å². The van der Waals surface area contributed by atoms with Crippen molar-refractivity contribution in [2.75, 3.05) is 0 Å². The minimum atomic E-state index is -1.75. The molecule has 0 amide bonds. The van der Waals surface area contributed by atoms with E-state index in [1.165, 1.54) is 0 Å². The van der Waals surface area contributed by atoms with Gasteiger partial charge in [-0.25, -0.2) is 9.59 Å². The van der Waals surface area contributed by atoms with Crippen molar-refractivity contribution in [2.45, 2.75) is 24.9 Å². The minimum absolute atomic E-state index is 0.877. The van der Waals surface area contributed by atoms with Gasteiger partial charge in [0, 0.05) is 0 Å². The van der Waals surface area contributed by atoms with Crippen LogP contribution in [-0.4, -0.2) is 56.4 Å². The molecule has 0 heterocycles. The second-order valence-corrected chi connectivity index (χ2v) is 3.13. The van der Waals surface area contributed by atoms with Crippen molar-refractivity contribution in [1.82, 2.24) is 0 Å². The first-order valence-electron chi connectivity index (χ1n) is 4.53. The highest BCUT2D eigenvalue weighted by molar-refractivity contribution is 5.81. The Hall–Kier alpha value is -2.52. The fourth-order valence-corrected chi connectivity index (χ4v) is 0.847. The molecule has 100 valence electrons. The van der Waals surface area contributed by atoms with Gasteiger partial charge in [-0.2, -0.15) is 10.2 Å². The molecule has 4 N–H and O–H groups in total. The van der Waals surface area contributed by atoms with Crippen LogP contribution in [0.3, 0.4) is 0 Å². The van der Waals surface area contributed by atoms with Crippen molar-refractivity contribution in [3.05, 3.63) is 0 Å². The van der Waals surface area contributed by atoms with Crippen molar-refractivity contribution in [3.8, 4) is 0 Å². The van der Waals surface area contributed by atoms with E-state index in [9.17, 15) is 19.2 Å². The molecule has 0 aromatic carbocycles. The summed E-state index contributed by atoms with van der Waals surface area (Å²) in [5.74, 6) is -6.10. The molecule has 2 unspecified atom stereocenters. The molecule has 0 aliphatic heterocycles. The molecule has 0 bridgehead atoms. The van der Waals surface area contributed by atoms with Crippen molar-refractivity contribution in [1.29, 1.82) is 0 Å². The Bertz CT molecular complexity index is 355. The Morgan fingerprint density at radius 1 is 0.722 bits per heavy atom. The van der Waals surface area contributed by atoms with Gasteiger partial charge in [-0.1, -0.05) is 0 Å². The van der Waals surface area contributed by atoms with Crippen molar-refractivity contribution in [3.63, 3.8) is 0 Å². The van der Waals surface area contributed by atoms with Gasteiger partial charge in [0.1, 0.15) is 0 Å². The average Bonchev–Trinajstić information content (AvgIpc) is 2.20. The highest BCUT2D eigenvalue weighted by Gasteiger charge is 2.24. The fourth-order valence-electron chi connectivity index (χ4n) is 0.847. The third-order valence-corrected chi connectivity index (χ3v) is 1.65. The van der Waals surface area contributed by atoms with Crippen LogP contribution in [-0.2, 0) is 19.2 Å². The summed E-state index contributed by atoms with van der Waals surface area (Å²) in [5, 5.41) is 40.0. The summed E-state index contributed by atoms with van der Waals surface area (Å²) in [6.45, 7) is 0. The highest BCUT2D eigenvalue weighted by Crippen LogP contribution is 2.05. The molecule has 0 aliphatic carbocycles. The van der Waals surface area contributed by atoms with Gasteiger partial charge in [0.15, 0.2) is 12.1 Å². The number of carboxylic acids is 4. The third kappa shape index (κ3) is 6.15. The van der Waals surface area contributed by atoms with Gasteiger partial charge in [0.25, 0.3) is 0 Å². The Morgan fingerprint density at radius 2 is 1.00 bits per heavy atom. The standard InChI is InChI=1S/C8H10N2O8/c11-5(12)1-3(7(15)16)9-10-4(8(17)18)2-6(13)14/h3-4H,1-2H2,(H,11,12)(H,13,14)(H,15,16)(H,17,18)/b10-9+. The lowest BCUT2D eigenvalue weighted by Crippen LogP contribution is -2.24. The van der Waals surface area contributed by atoms with Crippen LogP contribution in [0.5, 0.6) is 0 Å². The van der Waals surface area contributed by atoms with Gasteiger partial charge in [0.05, 0.1) is 12.8 Å². The zero-order chi connectivity index (χ0) is 14.3. The zero-order valence-electron chi connectivity index (χ0n) is 8.89. The molecule has 0 saturated carbocycles. The monoisotopic (exact) mass is 262 g/mol. The summed E-state index contributed by atoms with van der Waals surface area (Å²) in [5.41, 5.74) is 0. The van der Waals surface area contributed by atoms with Gasteiger partial charge in [0.2, 0.25) is 0 Å². The molecule has 0 spiro atoms. The molecule has 0 radical (unpaired) electrons. The number of hydrogen-bond donors (Lipinski definition) is 4. The number of hydrogen-bond acceptors (Lipinski definition) is 6. The number of rotatable bonds is 8. The first-order valence-corrected chi connectivity index (χ1v) is 4.53. The predicted octanol–water partition coefficient (Wildman–Crippen LogP) is -0.706. The SMILES string of the molecule is O=C(O)CC(/N=N/C(CC(=O)O)C(=O)O)C(=O)O. The van der Waals surface area contributed by atoms with Crippen molar-refractivity contribution >= 4 is 23.9 Å². The highest BCUT2D eigenvalue weighted by atomic mass is 16.4. The maximum Gasteiger partial charge on any atom is 0.330 e. The second-order valence-electron chi connectivity index (χ2n) is 3.13. The van der Waals surface area contributed by atoms with Crippen molar-refractivity contribution < 1.29 is 39.6 Å². The van der Waals surface area contributed by atoms with E-state index < -0.39 is 48.8 Å². The Kier molecular flexibility index (Phi) is 5.96. The van der Waals surface area contributed by atoms with E-state index in [0.717, 1.165) is 0 Å². The van der Waals surface area contributed by atoms with Crippen LogP contribution in [0.25, 0.3) is 0 Å². The summed E-state index contributed by atoms with van der Waals surface area (Å²) < 4.78 is 0. The number of aliphatic carboxylic acids is 4. The van der Waals surface area contributed by atoms with Gasteiger partial charge in [-0.15, -0.1) is 0 Å². The van der Waals surface area contributed by atoms with E-state index in [0.29, 0.717) is 0 Å². The molecule has 0 aromatic rings. The number of azo groups is 1. The molecular formula is C8H10N2O8. The summed E-state index contributed by atoms with van der Waals surface area (Å²) in [6, 6.07) is -3.50. The lowest BCUT2D eigenvalue weighted by atomic mass is 10.2. The lowest BCUT2D eigenvalue weighted by Gasteiger charge is -2.05. The van der Waals surface area contributed by atoms with Crippen LogP contribution in [0, 0.1) is 0 Å². The van der Waals surface area contributed by atoms with E-state index >= 15 is 0 Å². The van der Waals surface area contributed by atoms with Crippen LogP contribution in [0.15, 0.2) is 10.2 Å². The van der Waals surface area contributed by atoms with Gasteiger partial charge in [-0.3, -0.25) is 9.59 Å². The molecule has 0 aromatic heterocycles. The lowest BCUT2D eigenvalue weighted by molar-refractivity contribution is -0.146. The zero-order valence-corrected chi connectivity index (χ0v) is 8.89. The Morgan fingerprint density at radius 3 is 1.17 bits per heavy atom. The maximum atomic E-state index is 10.6. The Labute approximate surface area is 99.6 Å². The Balaban J connectivity index is 4.80. The second kappa shape index (κ2) is 6.93. The van der Waals surface area contributed by atoms with E-state index in [1.807, 2.05) is 0 Å². The molecule has 10 heteroatoms. The summed E-state index contributed by atoms with van der Waals surface area (Å²) in [7, 11) is 0. The van der Waals surface area contributed by atoms with Gasteiger partial charge >= 0.3 is 23.9 Å².